The molecule has 0 radical (unpaired) electrons. The van der Waals surface area contributed by atoms with E-state index in [2.05, 4.69) is 5.32 Å². The van der Waals surface area contributed by atoms with Crippen molar-refractivity contribution in [2.24, 2.45) is 0 Å². The Kier molecular flexibility index (Phi) is 6.63. The summed E-state index contributed by atoms with van der Waals surface area (Å²) < 4.78 is 16.8. The molecule has 1 saturated heterocycles. The molecule has 2 rings (SSSR count). The molecule has 3 N–H and O–H groups in total. The molecule has 0 aliphatic carbocycles. The summed E-state index contributed by atoms with van der Waals surface area (Å²) in [5, 5.41) is 3.32. The van der Waals surface area contributed by atoms with E-state index in [4.69, 9.17) is 19.9 Å². The third-order valence-corrected chi connectivity index (χ3v) is 3.27. The van der Waals surface area contributed by atoms with E-state index in [-0.39, 0.29) is 0 Å². The van der Waals surface area contributed by atoms with Crippen LogP contribution in [0.1, 0.15) is 12.8 Å². The van der Waals surface area contributed by atoms with E-state index in [1.165, 1.54) is 0 Å². The first kappa shape index (κ1) is 15.1. The quantitative estimate of drug-likeness (QED) is 0.557. The average molecular weight is 280 g/mol. The lowest BCUT2D eigenvalue weighted by atomic mass is 10.1. The van der Waals surface area contributed by atoms with E-state index in [1.54, 1.807) is 0 Å². The summed E-state index contributed by atoms with van der Waals surface area (Å²) in [6, 6.07) is 7.47. The van der Waals surface area contributed by atoms with Crippen LogP contribution in [0.25, 0.3) is 0 Å². The summed E-state index contributed by atoms with van der Waals surface area (Å²) >= 11 is 0. The molecule has 1 aromatic rings. The minimum absolute atomic E-state index is 0.389. The summed E-state index contributed by atoms with van der Waals surface area (Å²) in [5.41, 5.74) is 6.43. The number of hydrogen-bond acceptors (Lipinski definition) is 5. The van der Waals surface area contributed by atoms with Gasteiger partial charge in [0, 0.05) is 0 Å². The molecule has 0 atom stereocenters. The summed E-state index contributed by atoms with van der Waals surface area (Å²) in [7, 11) is 0. The Morgan fingerprint density at radius 1 is 1.05 bits per heavy atom. The van der Waals surface area contributed by atoms with Crippen LogP contribution in [0.4, 0.5) is 5.69 Å². The van der Waals surface area contributed by atoms with Crippen molar-refractivity contribution in [1.82, 2.24) is 5.32 Å². The van der Waals surface area contributed by atoms with Crippen molar-refractivity contribution in [2.75, 3.05) is 45.3 Å². The Morgan fingerprint density at radius 3 is 2.60 bits per heavy atom. The molecular formula is C15H24N2O3. The predicted octanol–water partition coefficient (Wildman–Crippen LogP) is 1.43. The van der Waals surface area contributed by atoms with Crippen LogP contribution in [-0.4, -0.2) is 45.6 Å². The zero-order valence-corrected chi connectivity index (χ0v) is 11.8. The molecule has 5 heteroatoms. The predicted molar refractivity (Wildman–Crippen MR) is 79.0 cm³/mol. The molecule has 0 unspecified atom stereocenters. The highest BCUT2D eigenvalue weighted by atomic mass is 16.5. The molecule has 5 nitrogen and oxygen atoms in total. The molecule has 0 bridgehead atoms. The lowest BCUT2D eigenvalue weighted by Crippen LogP contribution is -2.33. The number of para-hydroxylation sites is 2. The zero-order chi connectivity index (χ0) is 14.0. The normalized spacial score (nSPS) is 16.2. The molecule has 1 fully saturated rings. The molecule has 20 heavy (non-hydrogen) atoms. The lowest BCUT2D eigenvalue weighted by Gasteiger charge is -2.22. The second-order valence-corrected chi connectivity index (χ2v) is 4.82. The van der Waals surface area contributed by atoms with Crippen molar-refractivity contribution in [3.05, 3.63) is 24.3 Å². The molecule has 1 heterocycles. The third kappa shape index (κ3) is 5.36. The van der Waals surface area contributed by atoms with Crippen LogP contribution in [0.2, 0.25) is 0 Å². The smallest absolute Gasteiger partial charge is 0.142 e. The molecule has 1 aliphatic rings. The molecular weight excluding hydrogens is 256 g/mol. The van der Waals surface area contributed by atoms with Crippen molar-refractivity contribution in [3.8, 4) is 5.75 Å². The first-order chi connectivity index (χ1) is 9.86. The number of benzene rings is 1. The highest BCUT2D eigenvalue weighted by molar-refractivity contribution is 5.51. The van der Waals surface area contributed by atoms with Crippen molar-refractivity contribution in [3.63, 3.8) is 0 Å². The Bertz CT molecular complexity index is 381. The largest absolute Gasteiger partial charge is 0.489 e. The second kappa shape index (κ2) is 8.79. The Hall–Kier alpha value is -1.30. The van der Waals surface area contributed by atoms with Crippen LogP contribution in [0.3, 0.4) is 0 Å². The fraction of sp³-hybridized carbons (Fsp3) is 0.600. The summed E-state index contributed by atoms with van der Waals surface area (Å²) in [6.07, 6.45) is 2.58. The van der Waals surface area contributed by atoms with Gasteiger partial charge in [0.25, 0.3) is 0 Å². The summed E-state index contributed by atoms with van der Waals surface area (Å²) in [5.74, 6) is 0.710. The van der Waals surface area contributed by atoms with Gasteiger partial charge in [-0.05, 0) is 38.1 Å². The van der Waals surface area contributed by atoms with Gasteiger partial charge in [0.2, 0.25) is 0 Å². The second-order valence-electron chi connectivity index (χ2n) is 4.82. The standard InChI is InChI=1S/C15H24N2O3/c16-14-3-1-2-4-15(14)20-12-10-18-9-11-19-13-5-7-17-8-6-13/h1-4,13,17H,5-12,16H2. The Balaban J connectivity index is 1.46. The lowest BCUT2D eigenvalue weighted by molar-refractivity contribution is -0.0114. The zero-order valence-electron chi connectivity index (χ0n) is 11.8. The number of piperidine rings is 1. The van der Waals surface area contributed by atoms with Gasteiger partial charge >= 0.3 is 0 Å². The van der Waals surface area contributed by atoms with Crippen LogP contribution in [-0.2, 0) is 9.47 Å². The maximum atomic E-state index is 5.77. The first-order valence-electron chi connectivity index (χ1n) is 7.23. The topological polar surface area (TPSA) is 65.7 Å². The van der Waals surface area contributed by atoms with Crippen LogP contribution < -0.4 is 15.8 Å². The Morgan fingerprint density at radius 2 is 1.80 bits per heavy atom. The van der Waals surface area contributed by atoms with Crippen molar-refractivity contribution in [1.29, 1.82) is 0 Å². The number of ether oxygens (including phenoxy) is 3. The minimum atomic E-state index is 0.389. The highest BCUT2D eigenvalue weighted by Gasteiger charge is 2.12. The van der Waals surface area contributed by atoms with E-state index >= 15 is 0 Å². The van der Waals surface area contributed by atoms with Gasteiger partial charge in [-0.25, -0.2) is 0 Å². The number of rotatable bonds is 8. The fourth-order valence-electron chi connectivity index (χ4n) is 2.16. The fourth-order valence-corrected chi connectivity index (χ4v) is 2.16. The monoisotopic (exact) mass is 280 g/mol. The van der Waals surface area contributed by atoms with Gasteiger partial charge in [0.05, 0.1) is 31.6 Å². The highest BCUT2D eigenvalue weighted by Crippen LogP contribution is 2.19. The first-order valence-corrected chi connectivity index (χ1v) is 7.23. The van der Waals surface area contributed by atoms with Crippen molar-refractivity contribution >= 4 is 5.69 Å². The Labute approximate surface area is 120 Å². The molecule has 0 aromatic heterocycles. The van der Waals surface area contributed by atoms with Gasteiger partial charge in [-0.15, -0.1) is 0 Å². The number of hydrogen-bond donors (Lipinski definition) is 2. The van der Waals surface area contributed by atoms with Gasteiger partial charge < -0.3 is 25.3 Å². The van der Waals surface area contributed by atoms with Gasteiger partial charge in [-0.2, -0.15) is 0 Å². The van der Waals surface area contributed by atoms with Gasteiger partial charge in [-0.3, -0.25) is 0 Å². The van der Waals surface area contributed by atoms with Crippen molar-refractivity contribution < 1.29 is 14.2 Å². The molecule has 1 aromatic carbocycles. The van der Waals surface area contributed by atoms with E-state index in [0.717, 1.165) is 25.9 Å². The van der Waals surface area contributed by atoms with E-state index in [0.29, 0.717) is 44.0 Å². The van der Waals surface area contributed by atoms with Gasteiger partial charge in [-0.1, -0.05) is 12.1 Å². The molecule has 1 aliphatic heterocycles. The van der Waals surface area contributed by atoms with Crippen LogP contribution in [0, 0.1) is 0 Å². The maximum absolute atomic E-state index is 5.77. The van der Waals surface area contributed by atoms with E-state index in [9.17, 15) is 0 Å². The SMILES string of the molecule is Nc1ccccc1OCCOCCOC1CCNCC1. The molecule has 112 valence electrons. The van der Waals surface area contributed by atoms with Crippen LogP contribution in [0.5, 0.6) is 5.75 Å². The third-order valence-electron chi connectivity index (χ3n) is 3.27. The van der Waals surface area contributed by atoms with E-state index < -0.39 is 0 Å². The number of nitrogen functional groups attached to an aromatic ring is 1. The number of anilines is 1. The summed E-state index contributed by atoms with van der Waals surface area (Å²) in [4.78, 5) is 0. The van der Waals surface area contributed by atoms with Gasteiger partial charge in [0.15, 0.2) is 0 Å². The minimum Gasteiger partial charge on any atom is -0.489 e. The van der Waals surface area contributed by atoms with E-state index in [1.807, 2.05) is 24.3 Å². The summed E-state index contributed by atoms with van der Waals surface area (Å²) in [6.45, 7) is 4.41. The average Bonchev–Trinajstić information content (AvgIpc) is 2.49. The van der Waals surface area contributed by atoms with Crippen LogP contribution in [0.15, 0.2) is 24.3 Å². The molecule has 0 spiro atoms. The number of nitrogens with one attached hydrogen (secondary N) is 1. The number of nitrogens with two attached hydrogens (primary N) is 1. The molecule has 0 amide bonds. The molecule has 0 saturated carbocycles. The maximum Gasteiger partial charge on any atom is 0.142 e. The van der Waals surface area contributed by atoms with Crippen LogP contribution >= 0.6 is 0 Å². The van der Waals surface area contributed by atoms with Gasteiger partial charge in [0.1, 0.15) is 12.4 Å². The van der Waals surface area contributed by atoms with Crippen molar-refractivity contribution in [2.45, 2.75) is 18.9 Å².